The third-order valence-electron chi connectivity index (χ3n) is 5.23. The van der Waals surface area contributed by atoms with Crippen LogP contribution in [0.5, 0.6) is 11.5 Å². The number of imide groups is 1. The van der Waals surface area contributed by atoms with E-state index in [1.54, 1.807) is 24.5 Å². The molecule has 0 atom stereocenters. The lowest BCUT2D eigenvalue weighted by Gasteiger charge is -2.19. The van der Waals surface area contributed by atoms with Gasteiger partial charge in [-0.2, -0.15) is 13.2 Å². The first-order valence-corrected chi connectivity index (χ1v) is 10.7. The average Bonchev–Trinajstić information content (AvgIpc) is 3.38. The number of halogens is 4. The fourth-order valence-electron chi connectivity index (χ4n) is 3.62. The lowest BCUT2D eigenvalue weighted by atomic mass is 10.2. The minimum absolute atomic E-state index is 0.0117. The van der Waals surface area contributed by atoms with Crippen molar-refractivity contribution in [2.45, 2.75) is 6.18 Å². The number of anilines is 2. The molecule has 34 heavy (non-hydrogen) atoms. The van der Waals surface area contributed by atoms with E-state index in [1.807, 2.05) is 6.07 Å². The Morgan fingerprint density at radius 3 is 2.62 bits per heavy atom. The van der Waals surface area contributed by atoms with Crippen LogP contribution in [-0.4, -0.2) is 28.5 Å². The molecule has 11 heteroatoms. The van der Waals surface area contributed by atoms with E-state index in [4.69, 9.17) is 4.74 Å². The lowest BCUT2D eigenvalue weighted by molar-refractivity contribution is -0.137. The molecule has 1 aliphatic heterocycles. The molecule has 0 aliphatic carbocycles. The fourth-order valence-corrected chi connectivity index (χ4v) is 4.07. The summed E-state index contributed by atoms with van der Waals surface area (Å²) in [6, 6.07) is 11.8. The molecule has 0 spiro atoms. The van der Waals surface area contributed by atoms with Gasteiger partial charge in [-0.25, -0.2) is 14.7 Å². The highest BCUT2D eigenvalue weighted by Gasteiger charge is 2.39. The maximum atomic E-state index is 13.1. The second kappa shape index (κ2) is 8.17. The van der Waals surface area contributed by atoms with Crippen molar-refractivity contribution in [2.24, 2.45) is 0 Å². The molecule has 0 saturated carbocycles. The van der Waals surface area contributed by atoms with Crippen molar-refractivity contribution >= 4 is 50.3 Å². The van der Waals surface area contributed by atoms with Gasteiger partial charge in [-0.05, 0) is 64.5 Å². The highest BCUT2D eigenvalue weighted by Crippen LogP contribution is 2.36. The number of pyridine rings is 1. The molecule has 4 aromatic rings. The van der Waals surface area contributed by atoms with Gasteiger partial charge >= 0.3 is 12.2 Å². The Kier molecular flexibility index (Phi) is 5.28. The van der Waals surface area contributed by atoms with Crippen LogP contribution in [0.4, 0.5) is 29.3 Å². The van der Waals surface area contributed by atoms with Crippen LogP contribution < -0.4 is 14.5 Å². The van der Waals surface area contributed by atoms with Crippen molar-refractivity contribution in [3.8, 4) is 11.5 Å². The van der Waals surface area contributed by atoms with Crippen LogP contribution >= 0.6 is 15.9 Å². The number of aromatic amines is 1. The molecule has 172 valence electrons. The number of benzene rings is 2. The molecule has 0 bridgehead atoms. The predicted octanol–water partition coefficient (Wildman–Crippen LogP) is 6.11. The summed E-state index contributed by atoms with van der Waals surface area (Å²) in [5, 5.41) is 0.869. The molecule has 1 aliphatic rings. The molecule has 2 aromatic carbocycles. The van der Waals surface area contributed by atoms with Crippen LogP contribution in [0.2, 0.25) is 0 Å². The van der Waals surface area contributed by atoms with Crippen molar-refractivity contribution in [2.75, 3.05) is 16.3 Å². The van der Waals surface area contributed by atoms with Crippen molar-refractivity contribution < 1.29 is 27.5 Å². The number of nitrogens with one attached hydrogen (secondary N) is 1. The number of carbonyl (C=O) groups is 2. The van der Waals surface area contributed by atoms with Crippen LogP contribution in [0, 0.1) is 0 Å². The van der Waals surface area contributed by atoms with Crippen LogP contribution in [-0.2, 0) is 11.0 Å². The molecule has 2 aromatic heterocycles. The molecular weight excluding hydrogens is 517 g/mol. The van der Waals surface area contributed by atoms with Gasteiger partial charge in [0.05, 0.1) is 21.9 Å². The summed E-state index contributed by atoms with van der Waals surface area (Å²) in [6.45, 7) is -0.377. The van der Waals surface area contributed by atoms with Gasteiger partial charge in [0.25, 0.3) is 5.91 Å². The van der Waals surface area contributed by atoms with E-state index in [-0.39, 0.29) is 17.9 Å². The Morgan fingerprint density at radius 1 is 1.03 bits per heavy atom. The summed E-state index contributed by atoms with van der Waals surface area (Å²) in [4.78, 5) is 34.7. The molecular formula is C23H14BrF3N4O3. The van der Waals surface area contributed by atoms with E-state index in [1.165, 1.54) is 24.3 Å². The smallest absolute Gasteiger partial charge is 0.416 e. The van der Waals surface area contributed by atoms with Gasteiger partial charge in [0.1, 0.15) is 23.7 Å². The van der Waals surface area contributed by atoms with E-state index < -0.39 is 23.7 Å². The number of alkyl halides is 3. The van der Waals surface area contributed by atoms with Crippen molar-refractivity contribution in [1.82, 2.24) is 9.97 Å². The first kappa shape index (κ1) is 22.0. The van der Waals surface area contributed by atoms with Crippen LogP contribution in [0.3, 0.4) is 0 Å². The van der Waals surface area contributed by atoms with Crippen LogP contribution in [0.15, 0.2) is 71.5 Å². The third kappa shape index (κ3) is 3.98. The summed E-state index contributed by atoms with van der Waals surface area (Å²) < 4.78 is 45.5. The summed E-state index contributed by atoms with van der Waals surface area (Å²) in [7, 11) is 0. The lowest BCUT2D eigenvalue weighted by Crippen LogP contribution is -2.33. The molecule has 1 fully saturated rings. The monoisotopic (exact) mass is 530 g/mol. The predicted molar refractivity (Wildman–Crippen MR) is 122 cm³/mol. The number of fused-ring (bicyclic) bond motifs is 1. The van der Waals surface area contributed by atoms with Gasteiger partial charge in [0.2, 0.25) is 0 Å². The Balaban J connectivity index is 1.39. The zero-order valence-electron chi connectivity index (χ0n) is 17.1. The maximum Gasteiger partial charge on any atom is 0.416 e. The molecule has 5 rings (SSSR count). The second-order valence-corrected chi connectivity index (χ2v) is 8.30. The van der Waals surface area contributed by atoms with Gasteiger partial charge in [0.15, 0.2) is 0 Å². The Morgan fingerprint density at radius 2 is 1.85 bits per heavy atom. The third-order valence-corrected chi connectivity index (χ3v) is 5.85. The van der Waals surface area contributed by atoms with Gasteiger partial charge in [0, 0.05) is 17.3 Å². The van der Waals surface area contributed by atoms with Gasteiger partial charge < -0.3 is 9.72 Å². The Labute approximate surface area is 198 Å². The average molecular weight is 531 g/mol. The zero-order valence-corrected chi connectivity index (χ0v) is 18.7. The largest absolute Gasteiger partial charge is 0.455 e. The van der Waals surface area contributed by atoms with E-state index >= 15 is 0 Å². The topological polar surface area (TPSA) is 78.5 Å². The summed E-state index contributed by atoms with van der Waals surface area (Å²) in [5.41, 5.74) is 0.0589. The molecule has 1 saturated heterocycles. The molecule has 0 radical (unpaired) electrons. The number of amides is 3. The number of urea groups is 1. The number of hydrogen-bond acceptors (Lipinski definition) is 4. The SMILES string of the molecule is O=C1CN(c2cccc(C(F)(F)F)c2)C(=O)N1c1ccc(Oc2cnc3[nH]ccc3c2)c(Br)c1. The normalized spacial score (nSPS) is 14.4. The van der Waals surface area contributed by atoms with Gasteiger partial charge in [-0.1, -0.05) is 6.07 Å². The van der Waals surface area contributed by atoms with E-state index in [0.29, 0.717) is 16.0 Å². The minimum Gasteiger partial charge on any atom is -0.455 e. The van der Waals surface area contributed by atoms with E-state index in [0.717, 1.165) is 33.0 Å². The first-order valence-electron chi connectivity index (χ1n) is 9.93. The first-order chi connectivity index (χ1) is 16.2. The van der Waals surface area contributed by atoms with Crippen molar-refractivity contribution in [3.05, 3.63) is 77.0 Å². The molecule has 0 unspecified atom stereocenters. The fraction of sp³-hybridized carbons (Fsp3) is 0.0870. The van der Waals surface area contributed by atoms with Crippen molar-refractivity contribution in [1.29, 1.82) is 0 Å². The summed E-state index contributed by atoms with van der Waals surface area (Å²) >= 11 is 3.39. The molecule has 3 heterocycles. The van der Waals surface area contributed by atoms with Gasteiger partial charge in [-0.3, -0.25) is 9.69 Å². The Bertz CT molecular complexity index is 1440. The summed E-state index contributed by atoms with van der Waals surface area (Å²) in [6.07, 6.45) is -1.25. The number of ether oxygens (including phenoxy) is 1. The quantitative estimate of drug-likeness (QED) is 0.323. The Hall–Kier alpha value is -3.86. The molecule has 3 amide bonds. The number of hydrogen-bond donors (Lipinski definition) is 1. The number of rotatable bonds is 4. The van der Waals surface area contributed by atoms with Crippen LogP contribution in [0.25, 0.3) is 11.0 Å². The maximum absolute atomic E-state index is 13.1. The number of H-pyrrole nitrogens is 1. The van der Waals surface area contributed by atoms with E-state index in [9.17, 15) is 22.8 Å². The summed E-state index contributed by atoms with van der Waals surface area (Å²) in [5.74, 6) is 0.351. The number of nitrogens with zero attached hydrogens (tertiary/aromatic N) is 3. The highest BCUT2D eigenvalue weighted by molar-refractivity contribution is 9.10. The second-order valence-electron chi connectivity index (χ2n) is 7.45. The van der Waals surface area contributed by atoms with Crippen molar-refractivity contribution in [3.63, 3.8) is 0 Å². The highest BCUT2D eigenvalue weighted by atomic mass is 79.9. The zero-order chi connectivity index (χ0) is 24.0. The van der Waals surface area contributed by atoms with Crippen LogP contribution in [0.1, 0.15) is 5.56 Å². The standard InChI is InChI=1S/C23H14BrF3N4O3/c24-18-10-16(4-5-19(18)34-17-8-13-6-7-28-21(13)29-11-17)31-20(32)12-30(22(31)33)15-3-1-2-14(9-15)23(25,26)27/h1-11H,12H2,(H,28,29). The molecule has 7 nitrogen and oxygen atoms in total. The minimum atomic E-state index is -4.57. The molecule has 1 N–H and O–H groups in total. The van der Waals surface area contributed by atoms with E-state index in [2.05, 4.69) is 25.9 Å². The van der Waals surface area contributed by atoms with Gasteiger partial charge in [-0.15, -0.1) is 0 Å². The number of carbonyl (C=O) groups excluding carboxylic acids is 2. The number of aromatic nitrogens is 2.